The highest BCUT2D eigenvalue weighted by molar-refractivity contribution is 7.26. The van der Waals surface area contributed by atoms with E-state index in [4.69, 9.17) is 9.97 Å². The lowest BCUT2D eigenvalue weighted by atomic mass is 9.90. The molecule has 0 N–H and O–H groups in total. The largest absolute Gasteiger partial charge is 0.235 e. The maximum Gasteiger partial charge on any atom is 0.116 e. The molecule has 11 rings (SSSR count). The molecule has 2 aromatic heterocycles. The van der Waals surface area contributed by atoms with Crippen molar-refractivity contribution in [2.45, 2.75) is 19.3 Å². The molecule has 0 aliphatic heterocycles. The van der Waals surface area contributed by atoms with Crippen LogP contribution in [-0.4, -0.2) is 9.97 Å². The quantitative estimate of drug-likeness (QED) is 0.211. The molecule has 0 saturated heterocycles. The summed E-state index contributed by atoms with van der Waals surface area (Å²) in [4.78, 5) is 9.74. The number of hydrogen-bond donors (Lipinski definition) is 0. The summed E-state index contributed by atoms with van der Waals surface area (Å²) in [6.07, 6.45) is 4.75. The molecule has 0 saturated carbocycles. The van der Waals surface area contributed by atoms with Gasteiger partial charge in [0.1, 0.15) is 6.33 Å². The Morgan fingerprint density at radius 3 is 1.98 bits per heavy atom. The van der Waals surface area contributed by atoms with E-state index in [2.05, 4.69) is 78.9 Å². The molecule has 2 nitrogen and oxygen atoms in total. The minimum atomic E-state index is 0.973. The Labute approximate surface area is 233 Å². The maximum absolute atomic E-state index is 4.98. The fourth-order valence-electron chi connectivity index (χ4n) is 8.27. The van der Waals surface area contributed by atoms with Gasteiger partial charge in [-0.25, -0.2) is 9.97 Å². The van der Waals surface area contributed by atoms with Crippen LogP contribution in [0.15, 0.2) is 85.2 Å². The molecular weight excluding hydrogens is 504 g/mol. The fourth-order valence-corrected chi connectivity index (χ4v) is 9.43. The first kappa shape index (κ1) is 20.3. The van der Waals surface area contributed by atoms with Gasteiger partial charge in [0, 0.05) is 15.6 Å². The van der Waals surface area contributed by atoms with Crippen LogP contribution in [-0.2, 0) is 19.3 Å². The van der Waals surface area contributed by atoms with Crippen LogP contribution in [0.1, 0.15) is 33.4 Å². The lowest BCUT2D eigenvalue weighted by Crippen LogP contribution is -1.94. The standard InChI is InChI=1S/C37H20N2S/c1-2-6-18(7-3-1)24-15-21-12-22-16-27(36-37-35(38-17-39-36)23-8-4-5-9-28(23)40-37)26-14-20-11-10-19-13-25(24)33-29(19)30(20)34(26)32(22)31(21)33/h1-11,15-17H,12-14H2. The highest BCUT2D eigenvalue weighted by Crippen LogP contribution is 2.56. The zero-order chi connectivity index (χ0) is 25.7. The second-order valence-corrected chi connectivity index (χ2v) is 12.7. The molecule has 8 aromatic rings. The number of fused-ring (bicyclic) bond motifs is 3. The second-order valence-electron chi connectivity index (χ2n) is 11.7. The molecule has 3 aliphatic carbocycles. The molecule has 3 heteroatoms. The van der Waals surface area contributed by atoms with E-state index in [1.54, 1.807) is 6.33 Å². The van der Waals surface area contributed by atoms with Gasteiger partial charge in [-0.15, -0.1) is 11.3 Å². The zero-order valence-corrected chi connectivity index (χ0v) is 22.3. The van der Waals surface area contributed by atoms with Crippen molar-refractivity contribution in [1.82, 2.24) is 9.97 Å². The number of benzene rings is 6. The van der Waals surface area contributed by atoms with Crippen LogP contribution in [0.2, 0.25) is 0 Å². The Bertz CT molecular complexity index is 2480. The molecule has 40 heavy (non-hydrogen) atoms. The molecule has 0 amide bonds. The van der Waals surface area contributed by atoms with E-state index in [9.17, 15) is 0 Å². The minimum Gasteiger partial charge on any atom is -0.235 e. The first-order valence-corrected chi connectivity index (χ1v) is 14.9. The van der Waals surface area contributed by atoms with Gasteiger partial charge in [-0.3, -0.25) is 0 Å². The summed E-state index contributed by atoms with van der Waals surface area (Å²) < 4.78 is 2.48. The Balaban J connectivity index is 1.30. The van der Waals surface area contributed by atoms with Crippen LogP contribution in [0.25, 0.3) is 75.0 Å². The molecule has 0 fully saturated rings. The number of aromatic nitrogens is 2. The Morgan fingerprint density at radius 1 is 0.550 bits per heavy atom. The SMILES string of the molecule is c1ccc(-c2cc3c4c5c(cc(-c6ncnc7c6sc6ccccc67)c6c5c5c(ccc7c5c4c2C7)C6)C3)cc1. The van der Waals surface area contributed by atoms with Gasteiger partial charge in [-0.1, -0.05) is 60.7 Å². The number of nitrogens with zero attached hydrogens (tertiary/aromatic N) is 2. The fraction of sp³-hybridized carbons (Fsp3) is 0.0811. The molecule has 0 bridgehead atoms. The third-order valence-electron chi connectivity index (χ3n) is 9.77. The van der Waals surface area contributed by atoms with Gasteiger partial charge in [-0.05, 0) is 114 Å². The van der Waals surface area contributed by atoms with Gasteiger partial charge in [0.2, 0.25) is 0 Å². The van der Waals surface area contributed by atoms with Crippen molar-refractivity contribution in [1.29, 1.82) is 0 Å². The molecule has 0 atom stereocenters. The van der Waals surface area contributed by atoms with Gasteiger partial charge in [0.15, 0.2) is 0 Å². The van der Waals surface area contributed by atoms with E-state index in [-0.39, 0.29) is 0 Å². The maximum atomic E-state index is 4.98. The normalized spacial score (nSPS) is 14.2. The van der Waals surface area contributed by atoms with Crippen LogP contribution in [0, 0.1) is 0 Å². The average molecular weight is 525 g/mol. The number of hydrogen-bond acceptors (Lipinski definition) is 3. The van der Waals surface area contributed by atoms with Crippen molar-refractivity contribution in [3.05, 3.63) is 119 Å². The van der Waals surface area contributed by atoms with Crippen LogP contribution in [0.3, 0.4) is 0 Å². The molecule has 184 valence electrons. The van der Waals surface area contributed by atoms with Crippen molar-refractivity contribution >= 4 is 64.0 Å². The highest BCUT2D eigenvalue weighted by Gasteiger charge is 2.34. The first-order chi connectivity index (χ1) is 19.8. The smallest absolute Gasteiger partial charge is 0.116 e. The summed E-state index contributed by atoms with van der Waals surface area (Å²) in [7, 11) is 0. The third-order valence-corrected chi connectivity index (χ3v) is 10.9. The molecule has 2 heterocycles. The van der Waals surface area contributed by atoms with Crippen LogP contribution in [0.4, 0.5) is 0 Å². The third kappa shape index (κ3) is 2.23. The molecule has 0 unspecified atom stereocenters. The lowest BCUT2D eigenvalue weighted by Gasteiger charge is -2.14. The van der Waals surface area contributed by atoms with Crippen molar-refractivity contribution in [2.24, 2.45) is 0 Å². The Kier molecular flexibility index (Phi) is 3.43. The predicted molar refractivity (Wildman–Crippen MR) is 167 cm³/mol. The summed E-state index contributed by atoms with van der Waals surface area (Å²) in [5, 5.41) is 10.3. The van der Waals surface area contributed by atoms with Crippen molar-refractivity contribution < 1.29 is 0 Å². The van der Waals surface area contributed by atoms with Gasteiger partial charge in [-0.2, -0.15) is 0 Å². The van der Waals surface area contributed by atoms with Crippen molar-refractivity contribution in [3.63, 3.8) is 0 Å². The molecule has 0 radical (unpaired) electrons. The average Bonchev–Trinajstić information content (AvgIpc) is 3.75. The lowest BCUT2D eigenvalue weighted by molar-refractivity contribution is 1.20. The van der Waals surface area contributed by atoms with Gasteiger partial charge < -0.3 is 0 Å². The van der Waals surface area contributed by atoms with E-state index in [0.29, 0.717) is 0 Å². The van der Waals surface area contributed by atoms with Crippen LogP contribution >= 0.6 is 11.3 Å². The molecular formula is C37H20N2S. The minimum absolute atomic E-state index is 0.973. The monoisotopic (exact) mass is 524 g/mol. The summed E-state index contributed by atoms with van der Waals surface area (Å²) in [6.45, 7) is 0. The van der Waals surface area contributed by atoms with Gasteiger partial charge in [0.05, 0.1) is 15.9 Å². The number of thiophene rings is 1. The molecule has 3 aliphatic rings. The summed E-state index contributed by atoms with van der Waals surface area (Å²) in [5.41, 5.74) is 15.1. The topological polar surface area (TPSA) is 25.8 Å². The summed E-state index contributed by atoms with van der Waals surface area (Å²) in [5.74, 6) is 0. The summed E-state index contributed by atoms with van der Waals surface area (Å²) >= 11 is 1.83. The van der Waals surface area contributed by atoms with E-state index in [0.717, 1.165) is 30.5 Å². The van der Waals surface area contributed by atoms with Crippen molar-refractivity contribution in [2.75, 3.05) is 0 Å². The Hall–Kier alpha value is -4.60. The molecule has 6 aromatic carbocycles. The van der Waals surface area contributed by atoms with E-state index in [1.165, 1.54) is 97.2 Å². The predicted octanol–water partition coefficient (Wildman–Crippen LogP) is 9.35. The molecule has 0 spiro atoms. The van der Waals surface area contributed by atoms with Crippen molar-refractivity contribution in [3.8, 4) is 22.4 Å². The summed E-state index contributed by atoms with van der Waals surface area (Å²) in [6, 6.07) is 29.5. The highest BCUT2D eigenvalue weighted by atomic mass is 32.1. The number of rotatable bonds is 2. The van der Waals surface area contributed by atoms with E-state index >= 15 is 0 Å². The van der Waals surface area contributed by atoms with Crippen LogP contribution < -0.4 is 0 Å². The second kappa shape index (κ2) is 6.75. The first-order valence-electron chi connectivity index (χ1n) is 14.0. The Morgan fingerprint density at radius 2 is 1.20 bits per heavy atom. The van der Waals surface area contributed by atoms with E-state index in [1.807, 2.05) is 11.3 Å². The van der Waals surface area contributed by atoms with E-state index < -0.39 is 0 Å². The zero-order valence-electron chi connectivity index (χ0n) is 21.5. The van der Waals surface area contributed by atoms with Gasteiger partial charge >= 0.3 is 0 Å². The van der Waals surface area contributed by atoms with Crippen LogP contribution in [0.5, 0.6) is 0 Å². The van der Waals surface area contributed by atoms with Gasteiger partial charge in [0.25, 0.3) is 0 Å².